The third kappa shape index (κ3) is 5.15. The minimum absolute atomic E-state index is 0.395. The third-order valence-corrected chi connectivity index (χ3v) is 5.89. The fourth-order valence-electron chi connectivity index (χ4n) is 4.00. The van der Waals surface area contributed by atoms with Crippen molar-refractivity contribution in [3.05, 3.63) is 70.4 Å². The number of rotatable bonds is 9. The largest absolute Gasteiger partial charge is 0.490 e. The molecule has 1 atom stereocenters. The minimum atomic E-state index is -0.869. The Hall–Kier alpha value is -2.95. The van der Waals surface area contributed by atoms with Crippen molar-refractivity contribution in [1.82, 2.24) is 0 Å². The number of hydrogen-bond acceptors (Lipinski definition) is 4. The maximum absolute atomic E-state index is 11.6. The molecule has 158 valence electrons. The van der Waals surface area contributed by atoms with Crippen molar-refractivity contribution in [2.45, 2.75) is 44.9 Å². The number of aryl methyl sites for hydroxylation is 2. The Balaban J connectivity index is 1.25. The van der Waals surface area contributed by atoms with E-state index in [1.165, 1.54) is 30.4 Å². The van der Waals surface area contributed by atoms with Crippen molar-refractivity contribution >= 4 is 5.97 Å². The lowest BCUT2D eigenvalue weighted by Gasteiger charge is -2.17. The fraction of sp³-hybridized carbons (Fsp3) is 0.400. The highest BCUT2D eigenvalue weighted by atomic mass is 16.5. The van der Waals surface area contributed by atoms with E-state index >= 15 is 0 Å². The maximum Gasteiger partial charge on any atom is 0.312 e. The van der Waals surface area contributed by atoms with Gasteiger partial charge in [0.1, 0.15) is 30.6 Å². The molecular formula is C25H29NO4. The first kappa shape index (κ1) is 20.3. The molecule has 0 spiro atoms. The summed E-state index contributed by atoms with van der Waals surface area (Å²) in [4.78, 5) is 11.6. The number of hydrogen-bond donors (Lipinski definition) is 2. The summed E-state index contributed by atoms with van der Waals surface area (Å²) in [6.07, 6.45) is 7.10. The number of allylic oxidation sites excluding steroid dienone is 1. The van der Waals surface area contributed by atoms with Crippen LogP contribution in [-0.4, -0.2) is 24.3 Å². The van der Waals surface area contributed by atoms with Crippen LogP contribution in [-0.2, 0) is 24.1 Å². The van der Waals surface area contributed by atoms with Gasteiger partial charge in [0.25, 0.3) is 0 Å². The van der Waals surface area contributed by atoms with Crippen LogP contribution in [0.4, 0.5) is 0 Å². The minimum Gasteiger partial charge on any atom is -0.490 e. The number of fused-ring (bicyclic) bond motifs is 1. The van der Waals surface area contributed by atoms with Gasteiger partial charge in [0.15, 0.2) is 0 Å². The van der Waals surface area contributed by atoms with Crippen molar-refractivity contribution in [2.75, 3.05) is 13.2 Å². The molecule has 1 fully saturated rings. The van der Waals surface area contributed by atoms with Crippen molar-refractivity contribution in [3.8, 4) is 11.5 Å². The average Bonchev–Trinajstić information content (AvgIpc) is 3.61. The number of ether oxygens (including phenoxy) is 2. The molecule has 2 aliphatic carbocycles. The zero-order chi connectivity index (χ0) is 20.9. The van der Waals surface area contributed by atoms with Gasteiger partial charge in [-0.25, -0.2) is 0 Å². The second-order valence-electron chi connectivity index (χ2n) is 8.13. The zero-order valence-corrected chi connectivity index (χ0v) is 17.2. The first-order valence-corrected chi connectivity index (χ1v) is 10.8. The normalized spacial score (nSPS) is 15.8. The molecule has 4 rings (SSSR count). The summed E-state index contributed by atoms with van der Waals surface area (Å²) >= 11 is 0. The van der Waals surface area contributed by atoms with Gasteiger partial charge in [-0.05, 0) is 91.5 Å². The molecule has 2 aliphatic rings. The lowest BCUT2D eigenvalue weighted by molar-refractivity contribution is -0.140. The van der Waals surface area contributed by atoms with Crippen LogP contribution in [0, 0.1) is 5.92 Å². The summed E-state index contributed by atoms with van der Waals surface area (Å²) < 4.78 is 11.6. The zero-order valence-electron chi connectivity index (χ0n) is 17.2. The molecule has 3 N–H and O–H groups in total. The van der Waals surface area contributed by atoms with Gasteiger partial charge in [-0.15, -0.1) is 0 Å². The third-order valence-electron chi connectivity index (χ3n) is 5.89. The predicted molar refractivity (Wildman–Crippen MR) is 116 cm³/mol. The van der Waals surface area contributed by atoms with Crippen LogP contribution in [0.25, 0.3) is 0 Å². The molecule has 0 aromatic heterocycles. The lowest BCUT2D eigenvalue weighted by Crippen LogP contribution is -2.23. The Labute approximate surface area is 177 Å². The molecule has 2 aromatic carbocycles. The number of nitrogens with two attached hydrogens (primary N) is 1. The van der Waals surface area contributed by atoms with Crippen LogP contribution in [0.3, 0.4) is 0 Å². The molecule has 0 radical (unpaired) electrons. The van der Waals surface area contributed by atoms with Gasteiger partial charge in [0, 0.05) is 5.70 Å². The monoisotopic (exact) mass is 407 g/mol. The summed E-state index contributed by atoms with van der Waals surface area (Å²) in [5.41, 5.74) is 11.4. The summed E-state index contributed by atoms with van der Waals surface area (Å²) in [5, 5.41) is 9.49. The molecule has 1 saturated carbocycles. The molecule has 0 saturated heterocycles. The Morgan fingerprint density at radius 2 is 1.53 bits per heavy atom. The van der Waals surface area contributed by atoms with Crippen molar-refractivity contribution in [3.63, 3.8) is 0 Å². The first-order chi connectivity index (χ1) is 14.6. The molecule has 5 nitrogen and oxygen atoms in total. The molecule has 5 heteroatoms. The van der Waals surface area contributed by atoms with E-state index in [4.69, 9.17) is 15.2 Å². The van der Waals surface area contributed by atoms with Crippen molar-refractivity contribution in [1.29, 1.82) is 0 Å². The smallest absolute Gasteiger partial charge is 0.312 e. The van der Waals surface area contributed by atoms with Crippen LogP contribution in [0.2, 0.25) is 0 Å². The number of carboxylic acids is 1. The standard InChI is InChI=1S/C25H29NO4/c26-24(19-7-8-19)23(25(27)28)15-17-5-10-21(11-6-17)29-13-14-30-22-12-9-18-3-1-2-4-20(18)16-22/h5-6,9-12,16,23H,1-4,7-8,13-15,26H2,(H,27,28). The Morgan fingerprint density at radius 3 is 2.20 bits per heavy atom. The van der Waals surface area contributed by atoms with Crippen molar-refractivity contribution < 1.29 is 19.4 Å². The van der Waals surface area contributed by atoms with Gasteiger partial charge >= 0.3 is 5.97 Å². The van der Waals surface area contributed by atoms with Gasteiger partial charge in [-0.3, -0.25) is 4.79 Å². The summed E-state index contributed by atoms with van der Waals surface area (Å²) in [7, 11) is 0. The van der Waals surface area contributed by atoms with Gasteiger partial charge in [-0.1, -0.05) is 18.2 Å². The van der Waals surface area contributed by atoms with E-state index in [0.29, 0.717) is 25.3 Å². The topological polar surface area (TPSA) is 81.8 Å². The highest BCUT2D eigenvalue weighted by Crippen LogP contribution is 2.33. The Morgan fingerprint density at radius 1 is 0.900 bits per heavy atom. The van der Waals surface area contributed by atoms with Gasteiger partial charge in [0.05, 0.1) is 0 Å². The molecule has 2 aromatic rings. The van der Waals surface area contributed by atoms with E-state index in [0.717, 1.165) is 41.9 Å². The van der Waals surface area contributed by atoms with Gasteiger partial charge in [0.2, 0.25) is 0 Å². The average molecular weight is 408 g/mol. The van der Waals surface area contributed by atoms with E-state index in [1.807, 2.05) is 30.3 Å². The molecule has 0 bridgehead atoms. The van der Waals surface area contributed by atoms with Crippen LogP contribution in [0.1, 0.15) is 42.4 Å². The Kier molecular flexibility index (Phi) is 6.26. The summed E-state index contributed by atoms with van der Waals surface area (Å²) in [6.45, 7) is 0.930. The van der Waals surface area contributed by atoms with Crippen LogP contribution < -0.4 is 15.2 Å². The molecule has 0 aliphatic heterocycles. The molecule has 1 unspecified atom stereocenters. The van der Waals surface area contributed by atoms with E-state index in [1.54, 1.807) is 0 Å². The van der Waals surface area contributed by atoms with E-state index in [2.05, 4.69) is 12.1 Å². The van der Waals surface area contributed by atoms with Crippen molar-refractivity contribution in [2.24, 2.45) is 11.7 Å². The van der Waals surface area contributed by atoms with Crippen LogP contribution in [0.5, 0.6) is 11.5 Å². The van der Waals surface area contributed by atoms with Gasteiger partial charge < -0.3 is 20.3 Å². The number of carbonyl (C=O) groups is 1. The number of carboxylic acid groups (broad SMARTS) is 1. The quantitative estimate of drug-likeness (QED) is 0.607. The SMILES string of the molecule is NC(=C1CC1)C(Cc1ccc(OCCOc2ccc3c(c2)CCCC3)cc1)C(=O)O. The van der Waals surface area contributed by atoms with E-state index < -0.39 is 11.9 Å². The summed E-state index contributed by atoms with van der Waals surface area (Å²) in [6, 6.07) is 13.9. The highest BCUT2D eigenvalue weighted by Gasteiger charge is 2.27. The van der Waals surface area contributed by atoms with E-state index in [-0.39, 0.29) is 0 Å². The van der Waals surface area contributed by atoms with Crippen LogP contribution in [0.15, 0.2) is 53.7 Å². The highest BCUT2D eigenvalue weighted by molar-refractivity contribution is 5.74. The van der Waals surface area contributed by atoms with E-state index in [9.17, 15) is 9.90 Å². The first-order valence-electron chi connectivity index (χ1n) is 10.8. The summed E-state index contributed by atoms with van der Waals surface area (Å²) in [5.74, 6) is 0.121. The Bertz CT molecular complexity index is 927. The lowest BCUT2D eigenvalue weighted by atomic mass is 9.92. The number of aliphatic carboxylic acids is 1. The molecule has 30 heavy (non-hydrogen) atoms. The second-order valence-corrected chi connectivity index (χ2v) is 8.13. The second kappa shape index (κ2) is 9.24. The molecule has 0 amide bonds. The predicted octanol–water partition coefficient (Wildman–Crippen LogP) is 4.27. The maximum atomic E-state index is 11.6. The molecule has 0 heterocycles. The molecular weight excluding hydrogens is 378 g/mol. The fourth-order valence-corrected chi connectivity index (χ4v) is 4.00. The number of benzene rings is 2. The van der Waals surface area contributed by atoms with Crippen LogP contribution >= 0.6 is 0 Å². The van der Waals surface area contributed by atoms with Gasteiger partial charge in [-0.2, -0.15) is 0 Å².